The van der Waals surface area contributed by atoms with Gasteiger partial charge in [0.25, 0.3) is 0 Å². The smallest absolute Gasteiger partial charge is 0.0185 e. The van der Waals surface area contributed by atoms with Gasteiger partial charge in [-0.2, -0.15) is 11.8 Å². The second kappa shape index (κ2) is 6.29. The Bertz CT molecular complexity index is 395. The molecule has 3 atom stereocenters. The molecule has 2 N–H and O–H groups in total. The van der Waals surface area contributed by atoms with Gasteiger partial charge in [-0.3, -0.25) is 0 Å². The molecular formula is C16H24N2S. The van der Waals surface area contributed by atoms with Crippen LogP contribution in [-0.4, -0.2) is 36.3 Å². The highest BCUT2D eigenvalue weighted by Gasteiger charge is 2.40. The number of hydrogen-bond donors (Lipinski definition) is 1. The second-order valence-corrected chi connectivity index (χ2v) is 7.07. The summed E-state index contributed by atoms with van der Waals surface area (Å²) in [4.78, 5) is 2.63. The number of rotatable bonds is 5. The van der Waals surface area contributed by atoms with Gasteiger partial charge in [-0.15, -0.1) is 0 Å². The van der Waals surface area contributed by atoms with Gasteiger partial charge in [0.2, 0.25) is 0 Å². The van der Waals surface area contributed by atoms with E-state index >= 15 is 0 Å². The Morgan fingerprint density at radius 3 is 2.79 bits per heavy atom. The molecule has 1 aromatic rings. The number of benzene rings is 1. The van der Waals surface area contributed by atoms with Crippen molar-refractivity contribution >= 4 is 11.8 Å². The molecule has 3 rings (SSSR count). The first-order valence-corrected chi connectivity index (χ1v) is 8.58. The summed E-state index contributed by atoms with van der Waals surface area (Å²) in [7, 11) is 0. The standard InChI is InChI=1S/C16H24N2S/c17-16-7-6-14-10-18(11-15(14)16)8-9-19-12-13-4-2-1-3-5-13/h1-5,14-16H,6-12,17H2. The van der Waals surface area contributed by atoms with Gasteiger partial charge in [-0.1, -0.05) is 30.3 Å². The molecule has 1 saturated heterocycles. The Hall–Kier alpha value is -0.510. The zero-order valence-corrected chi connectivity index (χ0v) is 12.3. The number of fused-ring (bicyclic) bond motifs is 1. The summed E-state index contributed by atoms with van der Waals surface area (Å²) in [5.41, 5.74) is 7.62. The summed E-state index contributed by atoms with van der Waals surface area (Å²) in [5.74, 6) is 4.07. The van der Waals surface area contributed by atoms with Crippen LogP contribution in [-0.2, 0) is 5.75 Å². The van der Waals surface area contributed by atoms with Crippen LogP contribution >= 0.6 is 11.8 Å². The Kier molecular flexibility index (Phi) is 4.46. The quantitative estimate of drug-likeness (QED) is 0.838. The Labute approximate surface area is 120 Å². The monoisotopic (exact) mass is 276 g/mol. The van der Waals surface area contributed by atoms with Gasteiger partial charge < -0.3 is 10.6 Å². The molecule has 1 heterocycles. The average molecular weight is 276 g/mol. The predicted molar refractivity (Wildman–Crippen MR) is 83.2 cm³/mol. The Balaban J connectivity index is 1.35. The number of thioether (sulfide) groups is 1. The van der Waals surface area contributed by atoms with E-state index in [9.17, 15) is 0 Å². The van der Waals surface area contributed by atoms with Crippen LogP contribution in [0.4, 0.5) is 0 Å². The van der Waals surface area contributed by atoms with Crippen LogP contribution in [0.5, 0.6) is 0 Å². The summed E-state index contributed by atoms with van der Waals surface area (Å²) in [6.07, 6.45) is 2.62. The van der Waals surface area contributed by atoms with Crippen LogP contribution in [0.2, 0.25) is 0 Å². The van der Waals surface area contributed by atoms with Gasteiger partial charge in [0.1, 0.15) is 0 Å². The molecule has 2 nitrogen and oxygen atoms in total. The van der Waals surface area contributed by atoms with Crippen LogP contribution in [0.25, 0.3) is 0 Å². The molecule has 19 heavy (non-hydrogen) atoms. The van der Waals surface area contributed by atoms with E-state index < -0.39 is 0 Å². The molecule has 0 spiro atoms. The highest BCUT2D eigenvalue weighted by atomic mass is 32.2. The Morgan fingerprint density at radius 1 is 1.16 bits per heavy atom. The lowest BCUT2D eigenvalue weighted by Gasteiger charge is -2.17. The molecule has 3 heteroatoms. The highest BCUT2D eigenvalue weighted by Crippen LogP contribution is 2.37. The number of nitrogens with zero attached hydrogens (tertiary/aromatic N) is 1. The molecule has 1 aliphatic heterocycles. The molecule has 0 amide bonds. The predicted octanol–water partition coefficient (Wildman–Crippen LogP) is 2.59. The largest absolute Gasteiger partial charge is 0.327 e. The van der Waals surface area contributed by atoms with Gasteiger partial charge in [0, 0.05) is 37.2 Å². The van der Waals surface area contributed by atoms with Crippen molar-refractivity contribution in [3.05, 3.63) is 35.9 Å². The van der Waals surface area contributed by atoms with Crippen molar-refractivity contribution in [3.63, 3.8) is 0 Å². The lowest BCUT2D eigenvalue weighted by Crippen LogP contribution is -2.31. The van der Waals surface area contributed by atoms with Gasteiger partial charge in [-0.05, 0) is 30.2 Å². The third-order valence-electron chi connectivity index (χ3n) is 4.65. The van der Waals surface area contributed by atoms with Crippen molar-refractivity contribution in [2.45, 2.75) is 24.6 Å². The molecule has 104 valence electrons. The zero-order chi connectivity index (χ0) is 13.1. The van der Waals surface area contributed by atoms with Crippen LogP contribution in [0, 0.1) is 11.8 Å². The zero-order valence-electron chi connectivity index (χ0n) is 11.5. The minimum atomic E-state index is 0.479. The molecule has 1 aromatic carbocycles. The summed E-state index contributed by atoms with van der Waals surface area (Å²) in [6, 6.07) is 11.2. The van der Waals surface area contributed by atoms with Crippen LogP contribution in [0.1, 0.15) is 18.4 Å². The summed E-state index contributed by atoms with van der Waals surface area (Å²) in [5, 5.41) is 0. The summed E-state index contributed by atoms with van der Waals surface area (Å²) >= 11 is 2.05. The van der Waals surface area contributed by atoms with Crippen molar-refractivity contribution in [1.29, 1.82) is 0 Å². The van der Waals surface area contributed by atoms with Crippen LogP contribution in [0.3, 0.4) is 0 Å². The van der Waals surface area contributed by atoms with E-state index in [2.05, 4.69) is 35.2 Å². The molecule has 3 unspecified atom stereocenters. The maximum atomic E-state index is 6.18. The minimum Gasteiger partial charge on any atom is -0.327 e. The molecule has 2 aliphatic rings. The van der Waals surface area contributed by atoms with E-state index in [1.54, 1.807) is 0 Å². The maximum absolute atomic E-state index is 6.18. The van der Waals surface area contributed by atoms with E-state index in [4.69, 9.17) is 5.73 Å². The van der Waals surface area contributed by atoms with Gasteiger partial charge >= 0.3 is 0 Å². The molecule has 1 aliphatic carbocycles. The van der Waals surface area contributed by atoms with Crippen LogP contribution < -0.4 is 5.73 Å². The summed E-state index contributed by atoms with van der Waals surface area (Å²) in [6.45, 7) is 3.78. The first kappa shape index (κ1) is 13.5. The van der Waals surface area contributed by atoms with Crippen molar-refractivity contribution in [1.82, 2.24) is 4.90 Å². The van der Waals surface area contributed by atoms with Crippen LogP contribution in [0.15, 0.2) is 30.3 Å². The van der Waals surface area contributed by atoms with Crippen molar-refractivity contribution in [2.75, 3.05) is 25.4 Å². The lowest BCUT2D eigenvalue weighted by molar-refractivity contribution is 0.324. The first-order chi connectivity index (χ1) is 9.33. The SMILES string of the molecule is NC1CCC2CN(CCSCc3ccccc3)CC12. The molecule has 1 saturated carbocycles. The fourth-order valence-corrected chi connectivity index (χ4v) is 4.50. The molecule has 0 radical (unpaired) electrons. The lowest BCUT2D eigenvalue weighted by atomic mass is 9.98. The van der Waals surface area contributed by atoms with Gasteiger partial charge in [0.15, 0.2) is 0 Å². The van der Waals surface area contributed by atoms with E-state index in [1.165, 1.54) is 43.8 Å². The fourth-order valence-electron chi connectivity index (χ4n) is 3.54. The molecule has 0 aromatic heterocycles. The normalized spacial score (nSPS) is 30.7. The summed E-state index contributed by atoms with van der Waals surface area (Å²) < 4.78 is 0. The topological polar surface area (TPSA) is 29.3 Å². The molecule has 0 bridgehead atoms. The van der Waals surface area contributed by atoms with E-state index in [1.807, 2.05) is 11.8 Å². The van der Waals surface area contributed by atoms with E-state index in [0.29, 0.717) is 6.04 Å². The number of hydrogen-bond acceptors (Lipinski definition) is 3. The van der Waals surface area contributed by atoms with E-state index in [-0.39, 0.29) is 0 Å². The third-order valence-corrected chi connectivity index (χ3v) is 5.66. The van der Waals surface area contributed by atoms with Crippen molar-refractivity contribution in [3.8, 4) is 0 Å². The second-order valence-electron chi connectivity index (χ2n) is 5.96. The van der Waals surface area contributed by atoms with Gasteiger partial charge in [-0.25, -0.2) is 0 Å². The van der Waals surface area contributed by atoms with Crippen molar-refractivity contribution in [2.24, 2.45) is 17.6 Å². The number of likely N-dealkylation sites (tertiary alicyclic amines) is 1. The molecular weight excluding hydrogens is 252 g/mol. The molecule has 2 fully saturated rings. The third kappa shape index (κ3) is 3.33. The Morgan fingerprint density at radius 2 is 2.00 bits per heavy atom. The number of nitrogens with two attached hydrogens (primary N) is 1. The van der Waals surface area contributed by atoms with E-state index in [0.717, 1.165) is 17.6 Å². The highest BCUT2D eigenvalue weighted by molar-refractivity contribution is 7.98. The fraction of sp³-hybridized carbons (Fsp3) is 0.625. The van der Waals surface area contributed by atoms with Gasteiger partial charge in [0.05, 0.1) is 0 Å². The first-order valence-electron chi connectivity index (χ1n) is 7.42. The average Bonchev–Trinajstić information content (AvgIpc) is 2.99. The van der Waals surface area contributed by atoms with Crippen molar-refractivity contribution < 1.29 is 0 Å². The maximum Gasteiger partial charge on any atom is 0.0185 e. The minimum absolute atomic E-state index is 0.479.